The monoisotopic (exact) mass is 398 g/mol. The Morgan fingerprint density at radius 2 is 1.64 bits per heavy atom. The summed E-state index contributed by atoms with van der Waals surface area (Å²) in [6, 6.07) is 4.72. The van der Waals surface area contributed by atoms with Gasteiger partial charge in [-0.15, -0.1) is 0 Å². The van der Waals surface area contributed by atoms with Gasteiger partial charge in [0.1, 0.15) is 12.4 Å². The molecule has 1 fully saturated rings. The van der Waals surface area contributed by atoms with Gasteiger partial charge in [-0.05, 0) is 36.6 Å². The molecule has 1 aliphatic carbocycles. The Morgan fingerprint density at radius 3 is 2.21 bits per heavy atom. The minimum absolute atomic E-state index is 0.00928. The molecule has 0 unspecified atom stereocenters. The van der Waals surface area contributed by atoms with Gasteiger partial charge in [0.15, 0.2) is 11.5 Å². The number of carbonyl (C=O) groups excluding carboxylic acids is 1. The average molecular weight is 398 g/mol. The van der Waals surface area contributed by atoms with E-state index in [4.69, 9.17) is 9.47 Å². The van der Waals surface area contributed by atoms with Crippen molar-refractivity contribution >= 4 is 11.9 Å². The number of hydrogen-bond donors (Lipinski definition) is 0. The first kappa shape index (κ1) is 19.9. The van der Waals surface area contributed by atoms with Gasteiger partial charge in [0, 0.05) is 11.5 Å². The van der Waals surface area contributed by atoms with Gasteiger partial charge in [0.25, 0.3) is 0 Å². The van der Waals surface area contributed by atoms with E-state index in [1.807, 2.05) is 0 Å². The predicted octanol–water partition coefficient (Wildman–Crippen LogP) is 4.96. The third kappa shape index (κ3) is 4.00. The number of allylic oxidation sites excluding steroid dienone is 1. The lowest BCUT2D eigenvalue weighted by molar-refractivity contribution is -0.115. The molecule has 2 aromatic carbocycles. The van der Waals surface area contributed by atoms with Crippen LogP contribution in [0.4, 0.5) is 22.0 Å². The molecule has 3 nitrogen and oxygen atoms in total. The van der Waals surface area contributed by atoms with Crippen molar-refractivity contribution in [3.05, 3.63) is 64.5 Å². The fourth-order valence-corrected chi connectivity index (χ4v) is 2.56. The molecule has 0 radical (unpaired) electrons. The summed E-state index contributed by atoms with van der Waals surface area (Å²) in [4.78, 5) is 11.7. The van der Waals surface area contributed by atoms with Gasteiger partial charge < -0.3 is 9.47 Å². The highest BCUT2D eigenvalue weighted by molar-refractivity contribution is 5.96. The summed E-state index contributed by atoms with van der Waals surface area (Å²) in [5, 5.41) is 0. The van der Waals surface area contributed by atoms with Crippen LogP contribution in [0.2, 0.25) is 0 Å². The Bertz CT molecular complexity index is 922. The van der Waals surface area contributed by atoms with E-state index in [0.29, 0.717) is 11.1 Å². The largest absolute Gasteiger partial charge is 0.496 e. The molecule has 0 spiro atoms. The van der Waals surface area contributed by atoms with Gasteiger partial charge in [-0.25, -0.2) is 13.2 Å². The number of benzene rings is 2. The van der Waals surface area contributed by atoms with Crippen molar-refractivity contribution in [2.45, 2.75) is 19.4 Å². The molecule has 8 heteroatoms. The van der Waals surface area contributed by atoms with Crippen LogP contribution in [-0.2, 0) is 11.4 Å². The number of hydrogen-bond acceptors (Lipinski definition) is 3. The topological polar surface area (TPSA) is 35.5 Å². The third-order valence-electron chi connectivity index (χ3n) is 4.27. The van der Waals surface area contributed by atoms with E-state index < -0.39 is 41.4 Å². The molecule has 28 heavy (non-hydrogen) atoms. The number of ketones is 1. The summed E-state index contributed by atoms with van der Waals surface area (Å²) in [6.45, 7) is -0.514. The Kier molecular flexibility index (Phi) is 5.67. The smallest absolute Gasteiger partial charge is 0.207 e. The van der Waals surface area contributed by atoms with Crippen molar-refractivity contribution in [3.8, 4) is 11.5 Å². The number of ether oxygens (including phenoxy) is 2. The number of halogens is 5. The molecule has 1 saturated carbocycles. The van der Waals surface area contributed by atoms with Crippen LogP contribution in [0, 0.1) is 35.0 Å². The molecular formula is C20H15F5O3. The zero-order chi connectivity index (χ0) is 20.4. The minimum Gasteiger partial charge on any atom is -0.496 e. The highest BCUT2D eigenvalue weighted by Crippen LogP contribution is 2.32. The Morgan fingerprint density at radius 1 is 1.04 bits per heavy atom. The first-order valence-corrected chi connectivity index (χ1v) is 8.36. The minimum atomic E-state index is -2.26. The first-order valence-electron chi connectivity index (χ1n) is 8.36. The van der Waals surface area contributed by atoms with Gasteiger partial charge in [-0.1, -0.05) is 12.1 Å². The van der Waals surface area contributed by atoms with Crippen LogP contribution < -0.4 is 9.47 Å². The van der Waals surface area contributed by atoms with E-state index in [2.05, 4.69) is 0 Å². The van der Waals surface area contributed by atoms with E-state index in [9.17, 15) is 26.7 Å². The molecule has 2 aromatic rings. The summed E-state index contributed by atoms with van der Waals surface area (Å²) in [5.74, 6) is -11.6. The quantitative estimate of drug-likeness (QED) is 0.286. The Balaban J connectivity index is 1.84. The molecule has 0 saturated heterocycles. The van der Waals surface area contributed by atoms with Gasteiger partial charge >= 0.3 is 0 Å². The molecule has 0 amide bonds. The highest BCUT2D eigenvalue weighted by Gasteiger charge is 2.28. The van der Waals surface area contributed by atoms with E-state index in [1.165, 1.54) is 19.3 Å². The lowest BCUT2D eigenvalue weighted by Crippen LogP contribution is -2.07. The highest BCUT2D eigenvalue weighted by atomic mass is 19.2. The van der Waals surface area contributed by atoms with Crippen molar-refractivity contribution in [2.24, 2.45) is 5.92 Å². The van der Waals surface area contributed by atoms with Gasteiger partial charge in [0.05, 0.1) is 7.11 Å². The summed E-state index contributed by atoms with van der Waals surface area (Å²) in [5.41, 5.74) is 0.887. The molecule has 0 atom stereocenters. The van der Waals surface area contributed by atoms with Crippen LogP contribution in [0.15, 0.2) is 24.3 Å². The average Bonchev–Trinajstić information content (AvgIpc) is 3.54. The molecule has 0 heterocycles. The predicted molar refractivity (Wildman–Crippen MR) is 90.3 cm³/mol. The number of methoxy groups -OCH3 is 1. The zero-order valence-electron chi connectivity index (χ0n) is 14.7. The van der Waals surface area contributed by atoms with E-state index >= 15 is 0 Å². The molecule has 3 rings (SSSR count). The summed E-state index contributed by atoms with van der Waals surface area (Å²) >= 11 is 0. The van der Waals surface area contributed by atoms with Crippen molar-refractivity contribution < 1.29 is 36.2 Å². The van der Waals surface area contributed by atoms with E-state index in [1.54, 1.807) is 18.2 Å². The van der Waals surface area contributed by atoms with Crippen molar-refractivity contribution in [3.63, 3.8) is 0 Å². The van der Waals surface area contributed by atoms with Crippen LogP contribution in [-0.4, -0.2) is 12.9 Å². The SMILES string of the molecule is COc1ccc(/C=C/C(=O)C2CC2)cc1COc1c(F)c(F)c(F)c(F)c1F. The second-order valence-electron chi connectivity index (χ2n) is 6.27. The fourth-order valence-electron chi connectivity index (χ4n) is 2.56. The lowest BCUT2D eigenvalue weighted by atomic mass is 10.1. The van der Waals surface area contributed by atoms with Crippen LogP contribution in [0.3, 0.4) is 0 Å². The Hall–Kier alpha value is -2.90. The zero-order valence-corrected chi connectivity index (χ0v) is 14.7. The second-order valence-corrected chi connectivity index (χ2v) is 6.27. The second kappa shape index (κ2) is 8.00. The first-order chi connectivity index (χ1) is 13.3. The maximum atomic E-state index is 13.7. The summed E-state index contributed by atoms with van der Waals surface area (Å²) < 4.78 is 77.1. The molecule has 1 aliphatic rings. The summed E-state index contributed by atoms with van der Waals surface area (Å²) in [7, 11) is 1.35. The van der Waals surface area contributed by atoms with Gasteiger partial charge in [-0.3, -0.25) is 4.79 Å². The molecule has 0 aliphatic heterocycles. The van der Waals surface area contributed by atoms with Crippen molar-refractivity contribution in [1.29, 1.82) is 0 Å². The van der Waals surface area contributed by atoms with Crippen LogP contribution in [0.5, 0.6) is 11.5 Å². The van der Waals surface area contributed by atoms with Crippen molar-refractivity contribution in [1.82, 2.24) is 0 Å². The molecule has 0 aromatic heterocycles. The normalized spacial score (nSPS) is 13.8. The molecular weight excluding hydrogens is 383 g/mol. The Labute approximate surface area is 157 Å². The number of rotatable bonds is 7. The molecule has 0 N–H and O–H groups in total. The molecule has 0 bridgehead atoms. The van der Waals surface area contributed by atoms with Crippen LogP contribution >= 0.6 is 0 Å². The lowest BCUT2D eigenvalue weighted by Gasteiger charge is -2.13. The standard InChI is InChI=1S/C20H15F5O3/c1-27-14-7-3-10(2-6-13(26)11-4-5-11)8-12(14)9-28-20-18(24)16(22)15(21)17(23)19(20)25/h2-3,6-8,11H,4-5,9H2,1H3/b6-2+. The van der Waals surface area contributed by atoms with Gasteiger partial charge in [0.2, 0.25) is 29.1 Å². The van der Waals surface area contributed by atoms with Crippen molar-refractivity contribution in [2.75, 3.05) is 7.11 Å². The van der Waals surface area contributed by atoms with E-state index in [-0.39, 0.29) is 17.5 Å². The third-order valence-corrected chi connectivity index (χ3v) is 4.27. The number of carbonyl (C=O) groups is 1. The summed E-state index contributed by atoms with van der Waals surface area (Å²) in [6.07, 6.45) is 4.75. The maximum Gasteiger partial charge on any atom is 0.207 e. The van der Waals surface area contributed by atoms with Gasteiger partial charge in [-0.2, -0.15) is 8.78 Å². The van der Waals surface area contributed by atoms with Crippen LogP contribution in [0.25, 0.3) is 6.08 Å². The fraction of sp³-hybridized carbons (Fsp3) is 0.250. The van der Waals surface area contributed by atoms with E-state index in [0.717, 1.165) is 12.8 Å². The molecule has 148 valence electrons. The van der Waals surface area contributed by atoms with Crippen LogP contribution in [0.1, 0.15) is 24.0 Å². The maximum absolute atomic E-state index is 13.7.